The molecule has 0 atom stereocenters. The summed E-state index contributed by atoms with van der Waals surface area (Å²) in [5.74, 6) is -0.365. The van der Waals surface area contributed by atoms with Crippen molar-refractivity contribution >= 4 is 11.8 Å². The molecule has 1 saturated heterocycles. The van der Waals surface area contributed by atoms with Gasteiger partial charge in [-0.3, -0.25) is 14.6 Å². The third kappa shape index (κ3) is 4.45. The van der Waals surface area contributed by atoms with E-state index in [4.69, 9.17) is 0 Å². The lowest BCUT2D eigenvalue weighted by Gasteiger charge is -2.32. The van der Waals surface area contributed by atoms with Gasteiger partial charge in [0.2, 0.25) is 5.91 Å². The van der Waals surface area contributed by atoms with Crippen LogP contribution in [-0.4, -0.2) is 40.8 Å². The van der Waals surface area contributed by atoms with E-state index in [0.717, 1.165) is 12.8 Å². The van der Waals surface area contributed by atoms with Crippen LogP contribution in [0.5, 0.6) is 0 Å². The first-order valence-electron chi connectivity index (χ1n) is 8.77. The number of pyridine rings is 1. The Morgan fingerprint density at radius 2 is 1.96 bits per heavy atom. The second kappa shape index (κ2) is 8.08. The summed E-state index contributed by atoms with van der Waals surface area (Å²) in [5, 5.41) is 2.90. The number of likely N-dealkylation sites (tertiary alicyclic amines) is 1. The summed E-state index contributed by atoms with van der Waals surface area (Å²) < 4.78 is 13.8. The van der Waals surface area contributed by atoms with Crippen LogP contribution < -0.4 is 5.32 Å². The maximum Gasteiger partial charge on any atom is 0.253 e. The number of halogens is 1. The van der Waals surface area contributed by atoms with Gasteiger partial charge in [-0.2, -0.15) is 0 Å². The van der Waals surface area contributed by atoms with E-state index in [1.807, 2.05) is 0 Å². The number of rotatable bonds is 4. The van der Waals surface area contributed by atoms with Gasteiger partial charge in [0.1, 0.15) is 5.82 Å². The molecule has 6 heteroatoms. The molecule has 5 nitrogen and oxygen atoms in total. The summed E-state index contributed by atoms with van der Waals surface area (Å²) in [7, 11) is 0. The number of nitrogens with zero attached hydrogens (tertiary/aromatic N) is 2. The third-order valence-corrected chi connectivity index (χ3v) is 4.58. The first-order valence-corrected chi connectivity index (χ1v) is 8.77. The minimum absolute atomic E-state index is 0.0401. The van der Waals surface area contributed by atoms with Crippen molar-refractivity contribution in [3.8, 4) is 0 Å². The van der Waals surface area contributed by atoms with Crippen molar-refractivity contribution in [2.45, 2.75) is 32.2 Å². The highest BCUT2D eigenvalue weighted by Crippen LogP contribution is 2.16. The molecule has 0 aliphatic carbocycles. The second-order valence-electron chi connectivity index (χ2n) is 6.57. The Bertz CT molecular complexity index is 801. The van der Waals surface area contributed by atoms with E-state index in [9.17, 15) is 14.0 Å². The van der Waals surface area contributed by atoms with Crippen molar-refractivity contribution in [2.75, 3.05) is 13.1 Å². The second-order valence-corrected chi connectivity index (χ2v) is 6.57. The highest BCUT2D eigenvalue weighted by atomic mass is 19.1. The maximum absolute atomic E-state index is 13.8. The van der Waals surface area contributed by atoms with Crippen molar-refractivity contribution in [1.82, 2.24) is 15.2 Å². The highest BCUT2D eigenvalue weighted by Gasteiger charge is 2.24. The summed E-state index contributed by atoms with van der Waals surface area (Å²) in [4.78, 5) is 29.9. The van der Waals surface area contributed by atoms with E-state index in [-0.39, 0.29) is 23.7 Å². The summed E-state index contributed by atoms with van der Waals surface area (Å²) in [6.07, 6.45) is 3.43. The summed E-state index contributed by atoms with van der Waals surface area (Å²) in [6.45, 7) is 2.72. The van der Waals surface area contributed by atoms with Gasteiger partial charge in [-0.25, -0.2) is 4.39 Å². The van der Waals surface area contributed by atoms with E-state index in [1.165, 1.54) is 13.0 Å². The average molecular weight is 355 g/mol. The molecule has 0 saturated carbocycles. The monoisotopic (exact) mass is 355 g/mol. The molecular formula is C20H22FN3O2. The van der Waals surface area contributed by atoms with Crippen LogP contribution in [0.3, 0.4) is 0 Å². The predicted molar refractivity (Wildman–Crippen MR) is 96.2 cm³/mol. The summed E-state index contributed by atoms with van der Waals surface area (Å²) in [5.41, 5.74) is 1.78. The van der Waals surface area contributed by atoms with Gasteiger partial charge in [0.25, 0.3) is 5.91 Å². The molecule has 1 aromatic carbocycles. The molecule has 136 valence electrons. The smallest absolute Gasteiger partial charge is 0.253 e. The predicted octanol–water partition coefficient (Wildman–Crippen LogP) is 2.55. The number of amides is 2. The summed E-state index contributed by atoms with van der Waals surface area (Å²) >= 11 is 0. The molecule has 0 radical (unpaired) electrons. The standard InChI is InChI=1S/C20H22FN3O2/c1-14(25)23-17-7-10-24(11-8-17)20(26)16-6-9-22-18(13-16)12-15-4-2-3-5-19(15)21/h2-6,9,13,17H,7-8,10-12H2,1H3,(H,23,25). The molecule has 2 heterocycles. The Labute approximate surface area is 152 Å². The fourth-order valence-corrected chi connectivity index (χ4v) is 3.24. The molecule has 0 spiro atoms. The van der Waals surface area contributed by atoms with Crippen molar-refractivity contribution in [3.63, 3.8) is 0 Å². The van der Waals surface area contributed by atoms with Crippen LogP contribution in [0, 0.1) is 5.82 Å². The minimum atomic E-state index is -0.272. The van der Waals surface area contributed by atoms with Gasteiger partial charge in [0, 0.05) is 49.9 Å². The largest absolute Gasteiger partial charge is 0.353 e. The van der Waals surface area contributed by atoms with Gasteiger partial charge in [0.05, 0.1) is 0 Å². The van der Waals surface area contributed by atoms with Crippen LogP contribution in [-0.2, 0) is 11.2 Å². The van der Waals surface area contributed by atoms with Crippen LogP contribution >= 0.6 is 0 Å². The zero-order chi connectivity index (χ0) is 18.5. The Balaban J connectivity index is 1.65. The van der Waals surface area contributed by atoms with Gasteiger partial charge in [0.15, 0.2) is 0 Å². The molecule has 2 amide bonds. The molecule has 2 aromatic rings. The SMILES string of the molecule is CC(=O)NC1CCN(C(=O)c2ccnc(Cc3ccccc3F)c2)CC1. The quantitative estimate of drug-likeness (QED) is 0.917. The molecule has 26 heavy (non-hydrogen) atoms. The fourth-order valence-electron chi connectivity index (χ4n) is 3.24. The molecule has 0 unspecified atom stereocenters. The molecular weight excluding hydrogens is 333 g/mol. The van der Waals surface area contributed by atoms with Crippen molar-refractivity contribution in [1.29, 1.82) is 0 Å². The number of benzene rings is 1. The molecule has 1 fully saturated rings. The topological polar surface area (TPSA) is 62.3 Å². The number of carbonyl (C=O) groups is 2. The first-order chi connectivity index (χ1) is 12.5. The van der Waals surface area contributed by atoms with E-state index in [1.54, 1.807) is 41.4 Å². The van der Waals surface area contributed by atoms with Crippen LogP contribution in [0.15, 0.2) is 42.6 Å². The maximum atomic E-state index is 13.8. The molecule has 1 aromatic heterocycles. The Morgan fingerprint density at radius 1 is 1.23 bits per heavy atom. The molecule has 0 bridgehead atoms. The lowest BCUT2D eigenvalue weighted by molar-refractivity contribution is -0.119. The van der Waals surface area contributed by atoms with E-state index < -0.39 is 0 Å². The number of hydrogen-bond acceptors (Lipinski definition) is 3. The summed E-state index contributed by atoms with van der Waals surface area (Å²) in [6, 6.07) is 10.1. The zero-order valence-electron chi connectivity index (χ0n) is 14.7. The van der Waals surface area contributed by atoms with Gasteiger partial charge in [-0.15, -0.1) is 0 Å². The van der Waals surface area contributed by atoms with Gasteiger partial charge in [-0.1, -0.05) is 18.2 Å². The van der Waals surface area contributed by atoms with Crippen LogP contribution in [0.25, 0.3) is 0 Å². The number of hydrogen-bond donors (Lipinski definition) is 1. The molecule has 3 rings (SSSR count). The lowest BCUT2D eigenvalue weighted by atomic mass is 10.0. The molecule has 1 aliphatic rings. The van der Waals surface area contributed by atoms with Crippen molar-refractivity contribution < 1.29 is 14.0 Å². The molecule has 1 N–H and O–H groups in total. The molecule has 1 aliphatic heterocycles. The number of piperidine rings is 1. The van der Waals surface area contributed by atoms with Crippen LogP contribution in [0.4, 0.5) is 4.39 Å². The van der Waals surface area contributed by atoms with E-state index in [2.05, 4.69) is 10.3 Å². The average Bonchev–Trinajstić information content (AvgIpc) is 2.63. The van der Waals surface area contributed by atoms with Crippen LogP contribution in [0.1, 0.15) is 41.4 Å². The normalized spacial score (nSPS) is 14.9. The van der Waals surface area contributed by atoms with Crippen molar-refractivity contribution in [3.05, 3.63) is 65.2 Å². The van der Waals surface area contributed by atoms with E-state index in [0.29, 0.717) is 36.3 Å². The van der Waals surface area contributed by atoms with Gasteiger partial charge in [-0.05, 0) is 36.6 Å². The van der Waals surface area contributed by atoms with Crippen molar-refractivity contribution in [2.24, 2.45) is 0 Å². The van der Waals surface area contributed by atoms with Gasteiger partial charge >= 0.3 is 0 Å². The Morgan fingerprint density at radius 3 is 2.65 bits per heavy atom. The Hall–Kier alpha value is -2.76. The van der Waals surface area contributed by atoms with E-state index >= 15 is 0 Å². The fraction of sp³-hybridized carbons (Fsp3) is 0.350. The Kier molecular flexibility index (Phi) is 5.61. The van der Waals surface area contributed by atoms with Gasteiger partial charge < -0.3 is 10.2 Å². The highest BCUT2D eigenvalue weighted by molar-refractivity contribution is 5.94. The third-order valence-electron chi connectivity index (χ3n) is 4.58. The first kappa shape index (κ1) is 18.0. The number of carbonyl (C=O) groups excluding carboxylic acids is 2. The lowest BCUT2D eigenvalue weighted by Crippen LogP contribution is -2.46. The van der Waals surface area contributed by atoms with Crippen LogP contribution in [0.2, 0.25) is 0 Å². The number of aromatic nitrogens is 1. The minimum Gasteiger partial charge on any atom is -0.353 e. The zero-order valence-corrected chi connectivity index (χ0v) is 14.7. The number of nitrogens with one attached hydrogen (secondary N) is 1.